The molecule has 1 aromatic rings. The zero-order valence-corrected chi connectivity index (χ0v) is 20.7. The Hall–Kier alpha value is -4.10. The Bertz CT molecular complexity index is 1260. The lowest BCUT2D eigenvalue weighted by molar-refractivity contribution is -0.148. The van der Waals surface area contributed by atoms with Crippen molar-refractivity contribution in [2.45, 2.75) is 24.5 Å². The summed E-state index contributed by atoms with van der Waals surface area (Å²) in [4.78, 5) is 50.8. The summed E-state index contributed by atoms with van der Waals surface area (Å²) in [7, 11) is 6.79. The Kier molecular flexibility index (Phi) is 6.99. The number of rotatable bonds is 3. The molecule has 3 aliphatic carbocycles. The minimum absolute atomic E-state index is 0.00184. The van der Waals surface area contributed by atoms with Crippen LogP contribution in [0.5, 0.6) is 5.75 Å². The molecule has 0 saturated carbocycles. The number of carboxylic acid groups (broad SMARTS) is 1. The van der Waals surface area contributed by atoms with Gasteiger partial charge in [-0.05, 0) is 50.6 Å². The Labute approximate surface area is 211 Å². The lowest BCUT2D eigenvalue weighted by Gasteiger charge is -2.50. The van der Waals surface area contributed by atoms with Gasteiger partial charge in [-0.1, -0.05) is 0 Å². The number of carbonyl (C=O) groups is 4. The van der Waals surface area contributed by atoms with Crippen LogP contribution in [0, 0.1) is 11.8 Å². The van der Waals surface area contributed by atoms with Crippen LogP contribution in [0.4, 0.5) is 10.5 Å². The maximum atomic E-state index is 13.5. The van der Waals surface area contributed by atoms with E-state index in [1.54, 1.807) is 39.2 Å². The quantitative estimate of drug-likeness (QED) is 0.259. The average molecular weight is 519 g/mol. The highest BCUT2D eigenvalue weighted by Crippen LogP contribution is 2.52. The number of phenols is 1. The van der Waals surface area contributed by atoms with Gasteiger partial charge in [0.15, 0.2) is 11.4 Å². The smallest absolute Gasteiger partial charge is 0.402 e. The molecule has 0 radical (unpaired) electrons. The second-order valence-corrected chi connectivity index (χ2v) is 9.65. The first-order valence-corrected chi connectivity index (χ1v) is 11.2. The molecule has 4 rings (SSSR count). The Morgan fingerprint density at radius 2 is 1.62 bits per heavy atom. The zero-order valence-electron chi connectivity index (χ0n) is 20.7. The van der Waals surface area contributed by atoms with E-state index in [-0.39, 0.29) is 29.7 Å². The maximum absolute atomic E-state index is 13.5. The van der Waals surface area contributed by atoms with E-state index < -0.39 is 64.1 Å². The minimum Gasteiger partial charge on any atom is -0.510 e. The number of hydrogen-bond acceptors (Lipinski definition) is 10. The Balaban J connectivity index is 0.000000886. The van der Waals surface area contributed by atoms with Gasteiger partial charge in [-0.2, -0.15) is 0 Å². The number of likely N-dealkylation sites (N-methyl/N-ethyl adjacent to an activating group) is 1. The van der Waals surface area contributed by atoms with Crippen molar-refractivity contribution >= 4 is 29.3 Å². The number of Topliss-reactive ketones (excluding diaryl/α,β-unsaturated/α-hetero) is 2. The van der Waals surface area contributed by atoms with Crippen LogP contribution in [-0.2, 0) is 16.0 Å². The van der Waals surface area contributed by atoms with Crippen molar-refractivity contribution in [1.29, 1.82) is 0 Å². The molecule has 13 nitrogen and oxygen atoms in total. The summed E-state index contributed by atoms with van der Waals surface area (Å²) in [6.45, 7) is 0. The molecule has 0 aliphatic heterocycles. The minimum atomic E-state index is -2.63. The van der Waals surface area contributed by atoms with Crippen LogP contribution in [0.3, 0.4) is 0 Å². The number of carbonyl (C=O) groups excluding carboxylic acids is 3. The van der Waals surface area contributed by atoms with Gasteiger partial charge in [0.2, 0.25) is 5.78 Å². The van der Waals surface area contributed by atoms with Gasteiger partial charge in [0.05, 0.1) is 11.6 Å². The summed E-state index contributed by atoms with van der Waals surface area (Å²) in [6, 6.07) is 2.06. The van der Waals surface area contributed by atoms with Crippen molar-refractivity contribution in [2.24, 2.45) is 23.3 Å². The number of primary amides is 2. The van der Waals surface area contributed by atoms with E-state index in [1.165, 1.54) is 11.0 Å². The maximum Gasteiger partial charge on any atom is 0.402 e. The number of ketones is 2. The molecule has 0 bridgehead atoms. The molecule has 0 fully saturated rings. The first kappa shape index (κ1) is 27.5. The second kappa shape index (κ2) is 9.41. The fraction of sp³-hybridized carbons (Fsp3) is 0.417. The predicted octanol–water partition coefficient (Wildman–Crippen LogP) is -0.190. The van der Waals surface area contributed by atoms with Crippen molar-refractivity contribution in [3.8, 4) is 5.75 Å². The summed E-state index contributed by atoms with van der Waals surface area (Å²) in [5.41, 5.74) is 7.05. The lowest BCUT2D eigenvalue weighted by Crippen LogP contribution is -2.63. The number of phenolic OH excluding ortho intramolecular Hbond substituents is 1. The summed E-state index contributed by atoms with van der Waals surface area (Å²) < 4.78 is 0. The number of allylic oxidation sites excluding steroid dienone is 1. The van der Waals surface area contributed by atoms with E-state index >= 15 is 0 Å². The topological polar surface area (TPSA) is 228 Å². The van der Waals surface area contributed by atoms with Crippen LogP contribution >= 0.6 is 0 Å². The highest BCUT2D eigenvalue weighted by molar-refractivity contribution is 6.24. The van der Waals surface area contributed by atoms with E-state index in [4.69, 9.17) is 15.6 Å². The molecular formula is C24H30N4O9. The van der Waals surface area contributed by atoms with Gasteiger partial charge in [-0.25, -0.2) is 4.79 Å². The SMILES string of the molecule is CN(C)c1ccc(O)c2c1C[C@H]1C[C@@H]3[C@H](N(C)C)C(O)=C(C(N)=O)C(=O)[C@@]3(O)C(O)=C1C2=O.NC(=O)O. The molecule has 0 heterocycles. The monoisotopic (exact) mass is 518 g/mol. The fourth-order valence-electron chi connectivity index (χ4n) is 5.65. The van der Waals surface area contributed by atoms with E-state index in [0.29, 0.717) is 5.56 Å². The molecule has 0 unspecified atom stereocenters. The number of benzene rings is 1. The largest absolute Gasteiger partial charge is 0.510 e. The third kappa shape index (κ3) is 4.15. The summed E-state index contributed by atoms with van der Waals surface area (Å²) in [5, 5.41) is 51.1. The van der Waals surface area contributed by atoms with Gasteiger partial charge < -0.3 is 41.9 Å². The average Bonchev–Trinajstić information content (AvgIpc) is 2.75. The van der Waals surface area contributed by atoms with Crippen LogP contribution < -0.4 is 16.4 Å². The van der Waals surface area contributed by atoms with E-state index in [1.807, 2.05) is 0 Å². The highest BCUT2D eigenvalue weighted by Gasteiger charge is 2.63. The van der Waals surface area contributed by atoms with Crippen molar-refractivity contribution in [3.63, 3.8) is 0 Å². The molecule has 37 heavy (non-hydrogen) atoms. The molecule has 200 valence electrons. The van der Waals surface area contributed by atoms with E-state index in [0.717, 1.165) is 5.69 Å². The van der Waals surface area contributed by atoms with Crippen molar-refractivity contribution in [2.75, 3.05) is 33.1 Å². The second-order valence-electron chi connectivity index (χ2n) is 9.65. The van der Waals surface area contributed by atoms with Crippen LogP contribution in [0.1, 0.15) is 22.3 Å². The zero-order chi connectivity index (χ0) is 28.1. The summed E-state index contributed by atoms with van der Waals surface area (Å²) >= 11 is 0. The van der Waals surface area contributed by atoms with Crippen molar-refractivity contribution in [3.05, 3.63) is 45.9 Å². The number of hydrogen-bond donors (Lipinski definition) is 7. The third-order valence-electron chi connectivity index (χ3n) is 7.06. The fourth-order valence-corrected chi connectivity index (χ4v) is 5.65. The number of aliphatic hydroxyl groups excluding tert-OH is 2. The lowest BCUT2D eigenvalue weighted by atomic mass is 9.58. The van der Waals surface area contributed by atoms with Crippen LogP contribution in [0.2, 0.25) is 0 Å². The first-order valence-electron chi connectivity index (χ1n) is 11.2. The molecule has 13 heteroatoms. The van der Waals surface area contributed by atoms with Crippen LogP contribution in [-0.4, -0.2) is 93.8 Å². The molecular weight excluding hydrogens is 488 g/mol. The molecule has 9 N–H and O–H groups in total. The molecule has 0 aromatic heterocycles. The van der Waals surface area contributed by atoms with Gasteiger partial charge >= 0.3 is 6.09 Å². The number of amides is 2. The highest BCUT2D eigenvalue weighted by atomic mass is 16.4. The number of aromatic hydroxyl groups is 1. The molecule has 2 amide bonds. The number of aliphatic hydroxyl groups is 3. The van der Waals surface area contributed by atoms with Gasteiger partial charge in [0, 0.05) is 31.3 Å². The van der Waals surface area contributed by atoms with Crippen LogP contribution in [0.15, 0.2) is 34.8 Å². The number of nitrogens with two attached hydrogens (primary N) is 2. The van der Waals surface area contributed by atoms with Gasteiger partial charge in [-0.15, -0.1) is 0 Å². The molecule has 0 saturated heterocycles. The molecule has 4 atom stereocenters. The number of anilines is 1. The standard InChI is InChI=1S/C23H27N3O7.CH3NO2/c1-25(2)12-5-6-13(27)15-10(12)7-9-8-11-17(26(3)4)19(29)16(22(24)32)21(31)23(11,33)20(30)14(9)18(15)28;2-1(3)4/h5-6,9,11,17,27,29-30,33H,7-8H2,1-4H3,(H2,24,32);2H2,(H,3,4)/t9-,11+,17-,23-;/m0./s1. The Morgan fingerprint density at radius 1 is 1.05 bits per heavy atom. The number of fused-ring (bicyclic) bond motifs is 3. The summed E-state index contributed by atoms with van der Waals surface area (Å²) in [6.07, 6.45) is -1.01. The summed E-state index contributed by atoms with van der Waals surface area (Å²) in [5.74, 6) is -6.53. The number of nitrogens with zero attached hydrogens (tertiary/aromatic N) is 2. The predicted molar refractivity (Wildman–Crippen MR) is 130 cm³/mol. The molecule has 3 aliphatic rings. The normalized spacial score (nSPS) is 26.6. The third-order valence-corrected chi connectivity index (χ3v) is 7.06. The van der Waals surface area contributed by atoms with Crippen molar-refractivity contribution < 1.29 is 44.7 Å². The molecule has 0 spiro atoms. The van der Waals surface area contributed by atoms with E-state index in [9.17, 15) is 34.8 Å². The van der Waals surface area contributed by atoms with E-state index in [2.05, 4.69) is 5.73 Å². The van der Waals surface area contributed by atoms with Gasteiger partial charge in [0.1, 0.15) is 22.8 Å². The Morgan fingerprint density at radius 3 is 2.11 bits per heavy atom. The first-order chi connectivity index (χ1) is 17.1. The van der Waals surface area contributed by atoms with Crippen LogP contribution in [0.25, 0.3) is 0 Å². The molecule has 1 aromatic carbocycles. The van der Waals surface area contributed by atoms with Gasteiger partial charge in [-0.3, -0.25) is 19.3 Å². The van der Waals surface area contributed by atoms with Gasteiger partial charge in [0.25, 0.3) is 5.91 Å². The van der Waals surface area contributed by atoms with Crippen molar-refractivity contribution in [1.82, 2.24) is 4.90 Å².